The van der Waals surface area contributed by atoms with E-state index in [4.69, 9.17) is 17.2 Å². The first-order chi connectivity index (χ1) is 7.49. The Morgan fingerprint density at radius 3 is 2.62 bits per heavy atom. The predicted octanol–water partition coefficient (Wildman–Crippen LogP) is -0.403. The van der Waals surface area contributed by atoms with Crippen LogP contribution >= 0.6 is 0 Å². The van der Waals surface area contributed by atoms with Crippen molar-refractivity contribution in [3.05, 3.63) is 35.8 Å². The molecule has 0 aromatic carbocycles. The fraction of sp³-hybridized carbons (Fsp3) is 0.200. The van der Waals surface area contributed by atoms with Gasteiger partial charge < -0.3 is 16.8 Å². The van der Waals surface area contributed by atoms with E-state index in [0.29, 0.717) is 11.4 Å². The van der Waals surface area contributed by atoms with Gasteiger partial charge in [-0.25, -0.2) is 4.99 Å². The Labute approximate surface area is 93.2 Å². The number of aromatic nitrogens is 1. The van der Waals surface area contributed by atoms with Crippen molar-refractivity contribution in [1.82, 2.24) is 10.3 Å². The molecule has 0 saturated carbocycles. The summed E-state index contributed by atoms with van der Waals surface area (Å²) in [4.78, 5) is 8.30. The number of nitrogens with zero attached hydrogens (tertiary/aromatic N) is 2. The van der Waals surface area contributed by atoms with Crippen molar-refractivity contribution in [3.8, 4) is 0 Å². The fourth-order valence-electron chi connectivity index (χ4n) is 1.60. The van der Waals surface area contributed by atoms with Crippen molar-refractivity contribution in [2.45, 2.75) is 12.6 Å². The molecule has 84 valence electrons. The van der Waals surface area contributed by atoms with Crippen LogP contribution in [-0.4, -0.2) is 10.9 Å². The minimum atomic E-state index is -1.02. The van der Waals surface area contributed by atoms with Crippen LogP contribution in [0.4, 0.5) is 5.69 Å². The molecule has 2 rings (SSSR count). The molecule has 2 heterocycles. The first kappa shape index (κ1) is 10.4. The lowest BCUT2D eigenvalue weighted by Crippen LogP contribution is -2.44. The van der Waals surface area contributed by atoms with E-state index in [1.807, 2.05) is 6.92 Å². The second-order valence-electron chi connectivity index (χ2n) is 3.75. The van der Waals surface area contributed by atoms with Crippen molar-refractivity contribution in [2.24, 2.45) is 16.5 Å². The van der Waals surface area contributed by atoms with E-state index < -0.39 is 5.66 Å². The SMILES string of the molecule is CC1=CC(N)(c2ccc(N)cn2)N=C(N)N1. The first-order valence-electron chi connectivity index (χ1n) is 4.82. The van der Waals surface area contributed by atoms with Crippen molar-refractivity contribution in [2.75, 3.05) is 5.73 Å². The highest BCUT2D eigenvalue weighted by atomic mass is 15.2. The van der Waals surface area contributed by atoms with Crippen molar-refractivity contribution >= 4 is 11.6 Å². The molecule has 6 heteroatoms. The molecule has 1 atom stereocenters. The van der Waals surface area contributed by atoms with E-state index in [0.717, 1.165) is 5.70 Å². The number of pyridine rings is 1. The van der Waals surface area contributed by atoms with Gasteiger partial charge in [0, 0.05) is 5.70 Å². The molecule has 0 saturated heterocycles. The number of anilines is 1. The largest absolute Gasteiger partial charge is 0.397 e. The second kappa shape index (κ2) is 3.49. The lowest BCUT2D eigenvalue weighted by Gasteiger charge is -2.26. The molecule has 0 radical (unpaired) electrons. The number of nitrogens with two attached hydrogens (primary N) is 3. The van der Waals surface area contributed by atoms with Gasteiger partial charge in [-0.05, 0) is 25.1 Å². The number of nitrogens with one attached hydrogen (secondary N) is 1. The highest BCUT2D eigenvalue weighted by Gasteiger charge is 2.29. The number of aliphatic imine (C=N–C) groups is 1. The minimum Gasteiger partial charge on any atom is -0.397 e. The molecule has 1 unspecified atom stereocenters. The number of guanidine groups is 1. The number of hydrogen-bond acceptors (Lipinski definition) is 6. The third-order valence-corrected chi connectivity index (χ3v) is 2.26. The van der Waals surface area contributed by atoms with E-state index >= 15 is 0 Å². The fourth-order valence-corrected chi connectivity index (χ4v) is 1.60. The summed E-state index contributed by atoms with van der Waals surface area (Å²) in [7, 11) is 0. The third-order valence-electron chi connectivity index (χ3n) is 2.26. The maximum absolute atomic E-state index is 6.12. The van der Waals surface area contributed by atoms with Gasteiger partial charge in [0.1, 0.15) is 0 Å². The Hall–Kier alpha value is -2.08. The van der Waals surface area contributed by atoms with E-state index in [1.165, 1.54) is 0 Å². The van der Waals surface area contributed by atoms with Gasteiger partial charge in [0.05, 0.1) is 17.6 Å². The Morgan fingerprint density at radius 1 is 1.31 bits per heavy atom. The normalized spacial score (nSPS) is 24.4. The molecule has 0 aliphatic carbocycles. The number of allylic oxidation sites excluding steroid dienone is 1. The topological polar surface area (TPSA) is 115 Å². The second-order valence-corrected chi connectivity index (χ2v) is 3.75. The maximum atomic E-state index is 6.12. The van der Waals surface area contributed by atoms with Gasteiger partial charge in [-0.1, -0.05) is 0 Å². The van der Waals surface area contributed by atoms with Crippen molar-refractivity contribution in [3.63, 3.8) is 0 Å². The van der Waals surface area contributed by atoms with Crippen LogP contribution in [0.5, 0.6) is 0 Å². The van der Waals surface area contributed by atoms with Crippen LogP contribution in [0.15, 0.2) is 35.1 Å². The highest BCUT2D eigenvalue weighted by molar-refractivity contribution is 5.81. The van der Waals surface area contributed by atoms with Crippen LogP contribution in [0.1, 0.15) is 12.6 Å². The predicted molar refractivity (Wildman–Crippen MR) is 63.0 cm³/mol. The summed E-state index contributed by atoms with van der Waals surface area (Å²) in [5.74, 6) is 0.279. The van der Waals surface area contributed by atoms with Crippen molar-refractivity contribution in [1.29, 1.82) is 0 Å². The zero-order valence-corrected chi connectivity index (χ0v) is 8.94. The number of rotatable bonds is 1. The number of hydrogen-bond donors (Lipinski definition) is 4. The summed E-state index contributed by atoms with van der Waals surface area (Å²) < 4.78 is 0. The molecular weight excluding hydrogens is 204 g/mol. The van der Waals surface area contributed by atoms with Crippen molar-refractivity contribution < 1.29 is 0 Å². The summed E-state index contributed by atoms with van der Waals surface area (Å²) in [6.07, 6.45) is 3.31. The molecule has 1 aliphatic heterocycles. The van der Waals surface area contributed by atoms with E-state index in [1.54, 1.807) is 24.4 Å². The van der Waals surface area contributed by atoms with Gasteiger partial charge in [-0.15, -0.1) is 0 Å². The van der Waals surface area contributed by atoms with Gasteiger partial charge in [0.2, 0.25) is 0 Å². The van der Waals surface area contributed by atoms with Crippen LogP contribution in [0.25, 0.3) is 0 Å². The molecule has 7 N–H and O–H groups in total. The van der Waals surface area contributed by atoms with Gasteiger partial charge in [-0.3, -0.25) is 10.7 Å². The minimum absolute atomic E-state index is 0.279. The molecule has 0 spiro atoms. The summed E-state index contributed by atoms with van der Waals surface area (Å²) in [5, 5.41) is 2.87. The summed E-state index contributed by atoms with van der Waals surface area (Å²) >= 11 is 0. The van der Waals surface area contributed by atoms with Gasteiger partial charge in [0.25, 0.3) is 0 Å². The standard InChI is InChI=1S/C10H14N6/c1-6-4-10(13,16-9(12)15-6)8-3-2-7(11)5-14-8/h2-5H,11,13H2,1H3,(H3,12,15,16). The zero-order valence-electron chi connectivity index (χ0n) is 8.94. The smallest absolute Gasteiger partial charge is 0.195 e. The molecular formula is C10H14N6. The summed E-state index contributed by atoms with van der Waals surface area (Å²) in [5.41, 5.74) is 18.3. The van der Waals surface area contributed by atoms with Gasteiger partial charge in [0.15, 0.2) is 11.6 Å². The van der Waals surface area contributed by atoms with Crippen LogP contribution in [0, 0.1) is 0 Å². The van der Waals surface area contributed by atoms with E-state index in [-0.39, 0.29) is 5.96 Å². The average Bonchev–Trinajstić information content (AvgIpc) is 2.16. The first-order valence-corrected chi connectivity index (χ1v) is 4.82. The zero-order chi connectivity index (χ0) is 11.8. The maximum Gasteiger partial charge on any atom is 0.195 e. The molecule has 1 aromatic rings. The summed E-state index contributed by atoms with van der Waals surface area (Å²) in [6, 6.07) is 3.47. The Bertz CT molecular complexity index is 441. The molecule has 6 nitrogen and oxygen atoms in total. The van der Waals surface area contributed by atoms with Crippen LogP contribution in [-0.2, 0) is 5.66 Å². The van der Waals surface area contributed by atoms with Crippen LogP contribution in [0.2, 0.25) is 0 Å². The average molecular weight is 218 g/mol. The molecule has 1 aliphatic rings. The Morgan fingerprint density at radius 2 is 2.06 bits per heavy atom. The lowest BCUT2D eigenvalue weighted by atomic mass is 10.0. The molecule has 1 aromatic heterocycles. The summed E-state index contributed by atoms with van der Waals surface area (Å²) in [6.45, 7) is 1.86. The van der Waals surface area contributed by atoms with E-state index in [2.05, 4.69) is 15.3 Å². The number of nitrogen functional groups attached to an aromatic ring is 1. The monoisotopic (exact) mass is 218 g/mol. The molecule has 16 heavy (non-hydrogen) atoms. The van der Waals surface area contributed by atoms with Gasteiger partial charge >= 0.3 is 0 Å². The molecule has 0 bridgehead atoms. The molecule has 0 fully saturated rings. The lowest BCUT2D eigenvalue weighted by molar-refractivity contribution is 0.554. The Balaban J connectivity index is 2.45. The molecule has 0 amide bonds. The quantitative estimate of drug-likeness (QED) is 0.511. The van der Waals surface area contributed by atoms with E-state index in [9.17, 15) is 0 Å². The highest BCUT2D eigenvalue weighted by Crippen LogP contribution is 2.23. The van der Waals surface area contributed by atoms with Crippen LogP contribution < -0.4 is 22.5 Å². The Kier molecular flexibility index (Phi) is 2.28. The van der Waals surface area contributed by atoms with Gasteiger partial charge in [-0.2, -0.15) is 0 Å². The van der Waals surface area contributed by atoms with Crippen LogP contribution in [0.3, 0.4) is 0 Å². The third kappa shape index (κ3) is 1.82.